The van der Waals surface area contributed by atoms with Crippen molar-refractivity contribution in [3.05, 3.63) is 62.2 Å². The van der Waals surface area contributed by atoms with Gasteiger partial charge in [0.1, 0.15) is 27.6 Å². The number of rotatable bonds is 6. The molecule has 1 aromatic carbocycles. The van der Waals surface area contributed by atoms with Gasteiger partial charge >= 0.3 is 5.97 Å². The molecular formula is C22H19N3O4S. The fourth-order valence-electron chi connectivity index (χ4n) is 2.87. The average Bonchev–Trinajstić information content (AvgIpc) is 3.31. The Hall–Kier alpha value is -3.79. The molecule has 2 heterocycles. The van der Waals surface area contributed by atoms with Crippen LogP contribution in [0, 0.1) is 11.3 Å². The quantitative estimate of drug-likeness (QED) is 0.484. The van der Waals surface area contributed by atoms with Gasteiger partial charge in [0.25, 0.3) is 5.56 Å². The normalized spacial score (nSPS) is 11.4. The highest BCUT2D eigenvalue weighted by atomic mass is 32.1. The Kier molecular flexibility index (Phi) is 6.38. The van der Waals surface area contributed by atoms with E-state index in [-0.39, 0.29) is 26.9 Å². The Morgan fingerprint density at radius 2 is 2.23 bits per heavy atom. The van der Waals surface area contributed by atoms with Gasteiger partial charge in [-0.2, -0.15) is 5.26 Å². The van der Waals surface area contributed by atoms with Gasteiger partial charge in [-0.05, 0) is 31.2 Å². The van der Waals surface area contributed by atoms with Gasteiger partial charge in [0.2, 0.25) is 0 Å². The van der Waals surface area contributed by atoms with Crippen LogP contribution in [0.1, 0.15) is 12.5 Å². The molecule has 0 saturated carbocycles. The van der Waals surface area contributed by atoms with Crippen molar-refractivity contribution in [2.45, 2.75) is 13.5 Å². The topological polar surface area (TPSA) is 97.1 Å². The lowest BCUT2D eigenvalue weighted by molar-refractivity contribution is -0.135. The first-order valence-electron chi connectivity index (χ1n) is 9.08. The Balaban J connectivity index is 2.21. The predicted octanol–water partition coefficient (Wildman–Crippen LogP) is 1.92. The Labute approximate surface area is 176 Å². The third-order valence-corrected chi connectivity index (χ3v) is 5.46. The third kappa shape index (κ3) is 3.98. The molecule has 152 valence electrons. The van der Waals surface area contributed by atoms with Crippen molar-refractivity contribution >= 4 is 45.6 Å². The highest BCUT2D eigenvalue weighted by Crippen LogP contribution is 2.24. The van der Waals surface area contributed by atoms with Crippen molar-refractivity contribution in [3.63, 3.8) is 0 Å². The van der Waals surface area contributed by atoms with Gasteiger partial charge in [-0.3, -0.25) is 9.36 Å². The molecule has 0 aliphatic rings. The van der Waals surface area contributed by atoms with E-state index in [9.17, 15) is 14.9 Å². The van der Waals surface area contributed by atoms with Crippen LogP contribution < -0.4 is 19.5 Å². The van der Waals surface area contributed by atoms with Gasteiger partial charge in [-0.15, -0.1) is 11.3 Å². The molecule has 1 N–H and O–H groups in total. The van der Waals surface area contributed by atoms with Crippen LogP contribution in [-0.4, -0.2) is 29.2 Å². The summed E-state index contributed by atoms with van der Waals surface area (Å²) in [5, 5.41) is 10.4. The Morgan fingerprint density at radius 1 is 1.43 bits per heavy atom. The van der Waals surface area contributed by atoms with Gasteiger partial charge in [-0.1, -0.05) is 18.4 Å². The summed E-state index contributed by atoms with van der Waals surface area (Å²) in [5.74, 6) is -0.0742. The maximum Gasteiger partial charge on any atom is 0.352 e. The monoisotopic (exact) mass is 421 g/mol. The molecule has 2 aromatic heterocycles. The number of benzene rings is 1. The summed E-state index contributed by atoms with van der Waals surface area (Å²) in [7, 11) is 1.60. The van der Waals surface area contributed by atoms with Crippen LogP contribution in [0.25, 0.3) is 28.3 Å². The van der Waals surface area contributed by atoms with Gasteiger partial charge in [0.15, 0.2) is 5.57 Å². The van der Waals surface area contributed by atoms with Crippen LogP contribution in [-0.2, 0) is 16.1 Å². The molecular weight excluding hydrogens is 402 g/mol. The maximum atomic E-state index is 12.8. The number of aromatic amines is 1. The number of methoxy groups -OCH3 is 1. The van der Waals surface area contributed by atoms with Crippen LogP contribution in [0.15, 0.2) is 41.8 Å². The van der Waals surface area contributed by atoms with Crippen molar-refractivity contribution in [2.75, 3.05) is 13.7 Å². The third-order valence-electron chi connectivity index (χ3n) is 4.34. The fourth-order valence-corrected chi connectivity index (χ4v) is 3.94. The minimum Gasteiger partial charge on any atom is -0.497 e. The van der Waals surface area contributed by atoms with Gasteiger partial charge < -0.3 is 14.5 Å². The smallest absolute Gasteiger partial charge is 0.352 e. The van der Waals surface area contributed by atoms with Crippen molar-refractivity contribution in [1.29, 1.82) is 5.26 Å². The lowest BCUT2D eigenvalue weighted by Gasteiger charge is -2.00. The molecule has 0 spiro atoms. The predicted molar refractivity (Wildman–Crippen MR) is 116 cm³/mol. The lowest BCUT2D eigenvalue weighted by Crippen LogP contribution is -2.32. The zero-order valence-electron chi connectivity index (χ0n) is 16.5. The maximum absolute atomic E-state index is 12.8. The van der Waals surface area contributed by atoms with E-state index < -0.39 is 5.97 Å². The second kappa shape index (κ2) is 9.14. The van der Waals surface area contributed by atoms with E-state index in [0.717, 1.165) is 33.6 Å². The van der Waals surface area contributed by atoms with Crippen molar-refractivity contribution in [1.82, 2.24) is 9.55 Å². The molecule has 8 heteroatoms. The molecule has 0 unspecified atom stereocenters. The molecule has 0 amide bonds. The number of esters is 1. The second-order valence-electron chi connectivity index (χ2n) is 6.10. The standard InChI is InChI=1S/C22H19N3O4S/c1-4-10-29-22(27)17(12-23)21-25(5-2)20(26)19(30-21)9-6-14-13-24-18-8-7-15(28-3)11-16(14)18/h4,6-8,11,13,24H,1,5,10H2,2-3H3/b21-17-. The highest BCUT2D eigenvalue weighted by molar-refractivity contribution is 7.07. The highest BCUT2D eigenvalue weighted by Gasteiger charge is 2.16. The number of carbonyl (C=O) groups excluding carboxylic acids is 1. The zero-order valence-corrected chi connectivity index (χ0v) is 17.3. The van der Waals surface area contributed by atoms with Gasteiger partial charge in [-0.25, -0.2) is 4.79 Å². The fraction of sp³-hybridized carbons (Fsp3) is 0.182. The van der Waals surface area contributed by atoms with Crippen molar-refractivity contribution in [2.24, 2.45) is 0 Å². The summed E-state index contributed by atoms with van der Waals surface area (Å²) in [6.45, 7) is 5.53. The number of hydrogen-bond acceptors (Lipinski definition) is 6. The minimum atomic E-state index is -0.792. The number of nitrogens with zero attached hydrogens (tertiary/aromatic N) is 2. The van der Waals surface area contributed by atoms with Crippen LogP contribution in [0.4, 0.5) is 0 Å². The van der Waals surface area contributed by atoms with E-state index in [0.29, 0.717) is 6.54 Å². The van der Waals surface area contributed by atoms with E-state index in [1.165, 1.54) is 10.6 Å². The molecule has 0 atom stereocenters. The van der Waals surface area contributed by atoms with E-state index in [1.807, 2.05) is 30.5 Å². The second-order valence-corrected chi connectivity index (χ2v) is 7.10. The van der Waals surface area contributed by atoms with E-state index in [4.69, 9.17) is 9.47 Å². The molecule has 0 aliphatic carbocycles. The molecule has 3 aromatic rings. The number of nitrogens with one attached hydrogen (secondary N) is 1. The number of thiazole rings is 1. The van der Waals surface area contributed by atoms with E-state index >= 15 is 0 Å². The Morgan fingerprint density at radius 3 is 2.90 bits per heavy atom. The summed E-state index contributed by atoms with van der Waals surface area (Å²) in [6, 6.07) is 7.50. The average molecular weight is 421 g/mol. The molecule has 3 rings (SSSR count). The molecule has 0 radical (unpaired) electrons. The largest absolute Gasteiger partial charge is 0.497 e. The number of ether oxygens (including phenoxy) is 2. The zero-order chi connectivity index (χ0) is 21.7. The molecule has 0 bridgehead atoms. The summed E-state index contributed by atoms with van der Waals surface area (Å²) in [5.41, 5.74) is 4.22. The van der Waals surface area contributed by atoms with Crippen molar-refractivity contribution < 1.29 is 14.3 Å². The van der Waals surface area contributed by atoms with E-state index in [2.05, 4.69) is 17.3 Å². The molecule has 7 nitrogen and oxygen atoms in total. The Bertz CT molecular complexity index is 1380. The summed E-state index contributed by atoms with van der Waals surface area (Å²) in [4.78, 5) is 28.1. The number of H-pyrrole nitrogens is 1. The number of nitriles is 1. The first kappa shape index (κ1) is 20.9. The first-order valence-corrected chi connectivity index (χ1v) is 9.89. The minimum absolute atomic E-state index is 0.0192. The number of aromatic nitrogens is 2. The van der Waals surface area contributed by atoms with Gasteiger partial charge in [0.05, 0.1) is 7.11 Å². The van der Waals surface area contributed by atoms with Crippen LogP contribution in [0.3, 0.4) is 0 Å². The first-order chi connectivity index (χ1) is 14.5. The molecule has 0 aliphatic heterocycles. The summed E-state index contributed by atoms with van der Waals surface area (Å²) < 4.78 is 12.1. The lowest BCUT2D eigenvalue weighted by atomic mass is 10.1. The van der Waals surface area contributed by atoms with Crippen molar-refractivity contribution in [3.8, 4) is 11.8 Å². The van der Waals surface area contributed by atoms with Crippen LogP contribution in [0.2, 0.25) is 0 Å². The number of carbonyl (C=O) groups is 1. The van der Waals surface area contributed by atoms with Gasteiger partial charge in [0, 0.05) is 29.2 Å². The molecule has 0 saturated heterocycles. The van der Waals surface area contributed by atoms with Crippen LogP contribution in [0.5, 0.6) is 5.75 Å². The summed E-state index contributed by atoms with van der Waals surface area (Å²) in [6.07, 6.45) is 4.91. The molecule has 0 fully saturated rings. The summed E-state index contributed by atoms with van der Waals surface area (Å²) >= 11 is 1.03. The molecule has 30 heavy (non-hydrogen) atoms. The van der Waals surface area contributed by atoms with Crippen LogP contribution >= 0.6 is 11.3 Å². The number of fused-ring (bicyclic) bond motifs is 1. The SMILES string of the molecule is C=CCOC(=O)/C(C#N)=c1\sc(=C=Cc2c[nH]c3ccc(OC)cc23)c(=O)n1CC. The number of hydrogen-bond donors (Lipinski definition) is 1. The van der Waals surface area contributed by atoms with E-state index in [1.54, 1.807) is 20.1 Å².